The molecule has 3 aromatic rings. The van der Waals surface area contributed by atoms with E-state index >= 15 is 0 Å². The Balaban J connectivity index is 1.55. The molecule has 3 rings (SSSR count). The molecule has 0 radical (unpaired) electrons. The maximum atomic E-state index is 13.8. The van der Waals surface area contributed by atoms with E-state index in [2.05, 4.69) is 10.4 Å². The Labute approximate surface area is 161 Å². The molecule has 1 amide bonds. The highest BCUT2D eigenvalue weighted by molar-refractivity contribution is 7.09. The Morgan fingerprint density at radius 2 is 2.22 bits per heavy atom. The van der Waals surface area contributed by atoms with Crippen LogP contribution in [0.2, 0.25) is 0 Å². The number of methoxy groups -OCH3 is 1. The van der Waals surface area contributed by atoms with Gasteiger partial charge in [-0.15, -0.1) is 11.3 Å². The molecular weight excluding hydrogens is 367 g/mol. The van der Waals surface area contributed by atoms with Crippen LogP contribution in [0.15, 0.2) is 48.0 Å². The average molecular weight is 388 g/mol. The van der Waals surface area contributed by atoms with E-state index in [1.54, 1.807) is 40.4 Å². The molecule has 0 saturated heterocycles. The highest BCUT2D eigenvalue weighted by Crippen LogP contribution is 2.18. The van der Waals surface area contributed by atoms with Gasteiger partial charge in [0.1, 0.15) is 5.82 Å². The molecule has 27 heavy (non-hydrogen) atoms. The topological polar surface area (TPSA) is 59.4 Å². The van der Waals surface area contributed by atoms with Gasteiger partial charge >= 0.3 is 0 Å². The summed E-state index contributed by atoms with van der Waals surface area (Å²) in [6, 6.07) is 10.6. The van der Waals surface area contributed by atoms with E-state index in [0.29, 0.717) is 18.9 Å². The molecule has 2 heterocycles. The smallest absolute Gasteiger partial charge is 0.239 e. The molecule has 0 unspecified atom stereocenters. The molecule has 0 aliphatic carbocycles. The molecule has 0 bridgehead atoms. The predicted molar refractivity (Wildman–Crippen MR) is 104 cm³/mol. The first kappa shape index (κ1) is 19.1. The van der Waals surface area contributed by atoms with E-state index in [9.17, 15) is 9.18 Å². The SMILES string of the molecule is COc1ccc(CN(C)CC(=O)Nc2ccnn2Cc2cccs2)cc1F. The molecule has 8 heteroatoms. The number of likely N-dealkylation sites (N-methyl/N-ethyl adjacent to an activating group) is 1. The van der Waals surface area contributed by atoms with Crippen LogP contribution < -0.4 is 10.1 Å². The standard InChI is InChI=1S/C19H21FN4O2S/c1-23(11-14-5-6-17(26-2)16(20)10-14)13-19(25)22-18-7-8-21-24(18)12-15-4-3-9-27-15/h3-10H,11-13H2,1-2H3,(H,22,25). The minimum Gasteiger partial charge on any atom is -0.494 e. The molecular formula is C19H21FN4O2S. The monoisotopic (exact) mass is 388 g/mol. The van der Waals surface area contributed by atoms with E-state index in [1.807, 2.05) is 29.5 Å². The van der Waals surface area contributed by atoms with Crippen LogP contribution in [0.4, 0.5) is 10.2 Å². The van der Waals surface area contributed by atoms with Crippen LogP contribution in [0.3, 0.4) is 0 Å². The normalized spacial score (nSPS) is 11.0. The lowest BCUT2D eigenvalue weighted by molar-refractivity contribution is -0.117. The fourth-order valence-electron chi connectivity index (χ4n) is 2.72. The van der Waals surface area contributed by atoms with Crippen molar-refractivity contribution >= 4 is 23.1 Å². The van der Waals surface area contributed by atoms with Gasteiger partial charge in [0, 0.05) is 17.5 Å². The molecule has 0 aliphatic heterocycles. The molecule has 0 aliphatic rings. The molecule has 6 nitrogen and oxygen atoms in total. The van der Waals surface area contributed by atoms with Gasteiger partial charge in [-0.3, -0.25) is 9.69 Å². The van der Waals surface area contributed by atoms with Gasteiger partial charge < -0.3 is 10.1 Å². The zero-order valence-corrected chi connectivity index (χ0v) is 16.0. The fraction of sp³-hybridized carbons (Fsp3) is 0.263. The van der Waals surface area contributed by atoms with Crippen LogP contribution in [0.1, 0.15) is 10.4 Å². The van der Waals surface area contributed by atoms with E-state index in [1.165, 1.54) is 13.2 Å². The summed E-state index contributed by atoms with van der Waals surface area (Å²) in [5, 5.41) is 9.15. The van der Waals surface area contributed by atoms with E-state index in [4.69, 9.17) is 4.74 Å². The van der Waals surface area contributed by atoms with Crippen molar-refractivity contribution in [2.24, 2.45) is 0 Å². The van der Waals surface area contributed by atoms with Gasteiger partial charge in [-0.2, -0.15) is 5.10 Å². The van der Waals surface area contributed by atoms with Crippen molar-refractivity contribution in [1.29, 1.82) is 0 Å². The van der Waals surface area contributed by atoms with Gasteiger partial charge in [0.25, 0.3) is 0 Å². The number of nitrogens with zero attached hydrogens (tertiary/aromatic N) is 3. The lowest BCUT2D eigenvalue weighted by atomic mass is 10.2. The summed E-state index contributed by atoms with van der Waals surface area (Å²) in [4.78, 5) is 15.3. The summed E-state index contributed by atoms with van der Waals surface area (Å²) in [6.45, 7) is 1.24. The first-order valence-corrected chi connectivity index (χ1v) is 9.28. The first-order chi connectivity index (χ1) is 13.0. The number of hydrogen-bond acceptors (Lipinski definition) is 5. The Morgan fingerprint density at radius 3 is 2.93 bits per heavy atom. The number of aromatic nitrogens is 2. The van der Waals surface area contributed by atoms with E-state index < -0.39 is 5.82 Å². The molecule has 0 saturated carbocycles. The predicted octanol–water partition coefficient (Wildman–Crippen LogP) is 3.21. The zero-order chi connectivity index (χ0) is 19.2. The van der Waals surface area contributed by atoms with Crippen molar-refractivity contribution < 1.29 is 13.9 Å². The zero-order valence-electron chi connectivity index (χ0n) is 15.2. The second-order valence-electron chi connectivity index (χ2n) is 6.14. The summed E-state index contributed by atoms with van der Waals surface area (Å²) in [5.41, 5.74) is 0.770. The number of anilines is 1. The summed E-state index contributed by atoms with van der Waals surface area (Å²) in [6.07, 6.45) is 1.66. The molecule has 0 spiro atoms. The number of carbonyl (C=O) groups excluding carboxylic acids is 1. The number of nitrogens with one attached hydrogen (secondary N) is 1. The van der Waals surface area contributed by atoms with Crippen LogP contribution in [0.25, 0.3) is 0 Å². The maximum Gasteiger partial charge on any atom is 0.239 e. The number of benzene rings is 1. The summed E-state index contributed by atoms with van der Waals surface area (Å²) >= 11 is 1.64. The molecule has 1 aromatic carbocycles. The number of amides is 1. The molecule has 0 atom stereocenters. The van der Waals surface area contributed by atoms with Crippen LogP contribution in [-0.2, 0) is 17.9 Å². The lowest BCUT2D eigenvalue weighted by Crippen LogP contribution is -2.30. The lowest BCUT2D eigenvalue weighted by Gasteiger charge is -2.17. The summed E-state index contributed by atoms with van der Waals surface area (Å²) in [5.74, 6) is 0.292. The van der Waals surface area contributed by atoms with Crippen molar-refractivity contribution in [1.82, 2.24) is 14.7 Å². The van der Waals surface area contributed by atoms with Crippen molar-refractivity contribution in [3.63, 3.8) is 0 Å². The highest BCUT2D eigenvalue weighted by atomic mass is 32.1. The van der Waals surface area contributed by atoms with Crippen LogP contribution in [0.5, 0.6) is 5.75 Å². The van der Waals surface area contributed by atoms with Gasteiger partial charge in [0.15, 0.2) is 11.6 Å². The number of hydrogen-bond donors (Lipinski definition) is 1. The number of thiophene rings is 1. The summed E-state index contributed by atoms with van der Waals surface area (Å²) in [7, 11) is 3.24. The Morgan fingerprint density at radius 1 is 1.37 bits per heavy atom. The van der Waals surface area contributed by atoms with Crippen LogP contribution >= 0.6 is 11.3 Å². The number of ether oxygens (including phenoxy) is 1. The van der Waals surface area contributed by atoms with Gasteiger partial charge in [-0.05, 0) is 36.2 Å². The fourth-order valence-corrected chi connectivity index (χ4v) is 3.40. The van der Waals surface area contributed by atoms with Crippen molar-refractivity contribution in [2.45, 2.75) is 13.1 Å². The van der Waals surface area contributed by atoms with Crippen molar-refractivity contribution in [2.75, 3.05) is 26.0 Å². The Kier molecular flexibility index (Phi) is 6.20. The molecule has 1 N–H and O–H groups in total. The van der Waals surface area contributed by atoms with Gasteiger partial charge in [-0.1, -0.05) is 12.1 Å². The second kappa shape index (κ2) is 8.79. The van der Waals surface area contributed by atoms with Crippen molar-refractivity contribution in [3.05, 3.63) is 64.2 Å². The maximum absolute atomic E-state index is 13.8. The minimum atomic E-state index is -0.412. The molecule has 142 valence electrons. The number of carbonyl (C=O) groups is 1. The van der Waals surface area contributed by atoms with E-state index in [0.717, 1.165) is 10.4 Å². The third kappa shape index (κ3) is 5.15. The third-order valence-corrected chi connectivity index (χ3v) is 4.81. The Hall–Kier alpha value is -2.71. The van der Waals surface area contributed by atoms with Gasteiger partial charge in [0.05, 0.1) is 26.4 Å². The second-order valence-corrected chi connectivity index (χ2v) is 7.18. The van der Waals surface area contributed by atoms with Crippen LogP contribution in [-0.4, -0.2) is 41.3 Å². The largest absolute Gasteiger partial charge is 0.494 e. The quantitative estimate of drug-likeness (QED) is 0.644. The summed E-state index contributed by atoms with van der Waals surface area (Å²) < 4.78 is 20.5. The van der Waals surface area contributed by atoms with Gasteiger partial charge in [0.2, 0.25) is 5.91 Å². The first-order valence-electron chi connectivity index (χ1n) is 8.40. The highest BCUT2D eigenvalue weighted by Gasteiger charge is 2.12. The molecule has 0 fully saturated rings. The van der Waals surface area contributed by atoms with E-state index in [-0.39, 0.29) is 18.2 Å². The molecule has 2 aromatic heterocycles. The third-order valence-electron chi connectivity index (χ3n) is 3.95. The minimum absolute atomic E-state index is 0.153. The van der Waals surface area contributed by atoms with Crippen molar-refractivity contribution in [3.8, 4) is 5.75 Å². The average Bonchev–Trinajstić information content (AvgIpc) is 3.28. The Bertz CT molecular complexity index is 895. The number of rotatable bonds is 8. The van der Waals surface area contributed by atoms with Gasteiger partial charge in [-0.25, -0.2) is 9.07 Å². The number of halogens is 1. The van der Waals surface area contributed by atoms with Crippen LogP contribution in [0, 0.1) is 5.82 Å².